The molecule has 0 aromatic heterocycles. The van der Waals surface area contributed by atoms with Gasteiger partial charge in [0.25, 0.3) is 0 Å². The maximum absolute atomic E-state index is 12.2. The van der Waals surface area contributed by atoms with Crippen LogP contribution in [0, 0.1) is 11.8 Å². The lowest BCUT2D eigenvalue weighted by molar-refractivity contribution is -0.120. The molecule has 2 aromatic carbocycles. The second-order valence-corrected chi connectivity index (χ2v) is 8.04. The summed E-state index contributed by atoms with van der Waals surface area (Å²) in [4.78, 5) is 12.2. The third-order valence-electron chi connectivity index (χ3n) is 5.31. The number of benzene rings is 2. The maximum Gasteiger partial charge on any atom is 0.226 e. The van der Waals surface area contributed by atoms with Gasteiger partial charge in [-0.15, -0.1) is 0 Å². The average Bonchev–Trinajstić information content (AvgIpc) is 2.55. The molecule has 0 amide bonds. The molecular weight excluding hydrogens is 376 g/mol. The molecular formula is C21H22BrN2O+. The summed E-state index contributed by atoms with van der Waals surface area (Å²) < 4.78 is 1.11. The number of rotatable bonds is 3. The van der Waals surface area contributed by atoms with Crippen LogP contribution in [0.25, 0.3) is 0 Å². The predicted octanol–water partition coefficient (Wildman–Crippen LogP) is 4.13. The zero-order chi connectivity index (χ0) is 17.4. The number of hydrogen-bond acceptors (Lipinski definition) is 3. The number of Topliss-reactive ketones (excluding diaryl/α,β-unsaturated/α-hetero) is 1. The molecule has 2 bridgehead atoms. The smallest absolute Gasteiger partial charge is 0.226 e. The summed E-state index contributed by atoms with van der Waals surface area (Å²) in [6.07, 6.45) is 2.86. The van der Waals surface area contributed by atoms with E-state index in [-0.39, 0.29) is 18.0 Å². The highest BCUT2D eigenvalue weighted by Gasteiger charge is 2.47. The van der Waals surface area contributed by atoms with Crippen LogP contribution in [0.5, 0.6) is 0 Å². The van der Waals surface area contributed by atoms with Crippen molar-refractivity contribution >= 4 is 27.4 Å². The molecule has 3 unspecified atom stereocenters. The lowest BCUT2D eigenvalue weighted by atomic mass is 9.74. The van der Waals surface area contributed by atoms with E-state index in [4.69, 9.17) is 0 Å². The summed E-state index contributed by atoms with van der Waals surface area (Å²) in [6.45, 7) is 1.70. The molecule has 5 rings (SSSR count). The highest BCUT2D eigenvalue weighted by atomic mass is 79.9. The van der Waals surface area contributed by atoms with E-state index in [9.17, 15) is 4.79 Å². The summed E-state index contributed by atoms with van der Waals surface area (Å²) in [5.74, 6) is 1.98. The van der Waals surface area contributed by atoms with Gasteiger partial charge >= 0.3 is 0 Å². The van der Waals surface area contributed by atoms with Crippen molar-refractivity contribution in [2.75, 3.05) is 5.32 Å². The molecule has 3 heterocycles. The van der Waals surface area contributed by atoms with E-state index in [1.54, 1.807) is 6.92 Å². The van der Waals surface area contributed by atoms with Gasteiger partial charge in [0.2, 0.25) is 6.17 Å². The van der Waals surface area contributed by atoms with Gasteiger partial charge in [0, 0.05) is 16.1 Å². The van der Waals surface area contributed by atoms with Crippen molar-refractivity contribution in [2.24, 2.45) is 5.92 Å². The number of carbonyl (C=O) groups is 1. The molecule has 4 heteroatoms. The molecule has 1 fully saturated rings. The molecule has 3 aliphatic rings. The van der Waals surface area contributed by atoms with Crippen molar-refractivity contribution in [1.29, 1.82) is 0 Å². The standard InChI is InChI=1S/C21H22BrN2O/c1-13(25)20-16-11-15-6-2-3-8-19(15)23-21(24-20)17(12-16)9-14-5-4-7-18(22)10-14/h2-8,10,16,20-21,23-24H,9,11-12H2,1H3/q+1. The number of ketones is 1. The Hall–Kier alpha value is -1.78. The Bertz CT molecular complexity index is 791. The molecule has 0 radical (unpaired) electrons. The lowest BCUT2D eigenvalue weighted by Gasteiger charge is -2.38. The van der Waals surface area contributed by atoms with Crippen LogP contribution in [0.4, 0.5) is 5.69 Å². The quantitative estimate of drug-likeness (QED) is 0.765. The fourth-order valence-corrected chi connectivity index (χ4v) is 4.60. The number of fused-ring (bicyclic) bond motifs is 2. The van der Waals surface area contributed by atoms with Crippen LogP contribution in [0.2, 0.25) is 0 Å². The Kier molecular flexibility index (Phi) is 4.57. The van der Waals surface area contributed by atoms with Crippen molar-refractivity contribution in [3.8, 4) is 0 Å². The molecule has 25 heavy (non-hydrogen) atoms. The van der Waals surface area contributed by atoms with Gasteiger partial charge in [-0.1, -0.05) is 46.3 Å². The zero-order valence-electron chi connectivity index (χ0n) is 14.3. The number of halogens is 1. The van der Waals surface area contributed by atoms with E-state index < -0.39 is 0 Å². The first-order chi connectivity index (χ1) is 12.1. The number of anilines is 1. The molecule has 1 saturated heterocycles. The summed E-state index contributed by atoms with van der Waals surface area (Å²) in [5.41, 5.74) is 3.79. The Morgan fingerprint density at radius 2 is 2.08 bits per heavy atom. The van der Waals surface area contributed by atoms with E-state index in [1.807, 2.05) is 0 Å². The largest absolute Gasteiger partial charge is 0.332 e. The van der Waals surface area contributed by atoms with Crippen LogP contribution in [0.1, 0.15) is 24.5 Å². The van der Waals surface area contributed by atoms with Crippen LogP contribution < -0.4 is 10.6 Å². The van der Waals surface area contributed by atoms with Gasteiger partial charge in [-0.3, -0.25) is 4.79 Å². The minimum Gasteiger partial charge on any atom is -0.332 e. The van der Waals surface area contributed by atoms with Gasteiger partial charge in [-0.25, -0.2) is 5.32 Å². The highest BCUT2D eigenvalue weighted by Crippen LogP contribution is 2.37. The Balaban J connectivity index is 1.64. The van der Waals surface area contributed by atoms with Gasteiger partial charge in [-0.2, -0.15) is 0 Å². The van der Waals surface area contributed by atoms with Crippen molar-refractivity contribution in [2.45, 2.75) is 38.4 Å². The van der Waals surface area contributed by atoms with Gasteiger partial charge in [0.15, 0.2) is 0 Å². The van der Waals surface area contributed by atoms with E-state index in [0.717, 1.165) is 23.7 Å². The number of nitrogens with one attached hydrogen (secondary N) is 2. The third kappa shape index (κ3) is 3.46. The summed E-state index contributed by atoms with van der Waals surface area (Å²) in [5, 5.41) is 7.22. The van der Waals surface area contributed by atoms with Crippen LogP contribution in [0.15, 0.2) is 53.0 Å². The monoisotopic (exact) mass is 397 g/mol. The van der Waals surface area contributed by atoms with Crippen molar-refractivity contribution < 1.29 is 4.79 Å². The molecule has 128 valence electrons. The SMILES string of the molecule is CC(=O)C1NC2Nc3ccccc3CC1C[C+]2Cc1cccc(Br)c1. The summed E-state index contributed by atoms with van der Waals surface area (Å²) in [6, 6.07) is 16.9. The number of para-hydroxylation sites is 1. The highest BCUT2D eigenvalue weighted by molar-refractivity contribution is 9.10. The molecule has 0 spiro atoms. The predicted molar refractivity (Wildman–Crippen MR) is 104 cm³/mol. The van der Waals surface area contributed by atoms with Crippen LogP contribution in [0.3, 0.4) is 0 Å². The summed E-state index contributed by atoms with van der Waals surface area (Å²) in [7, 11) is 0. The molecule has 2 aromatic rings. The summed E-state index contributed by atoms with van der Waals surface area (Å²) >= 11 is 3.56. The maximum atomic E-state index is 12.2. The number of piperidine rings is 1. The minimum absolute atomic E-state index is 0.0329. The normalized spacial score (nSPS) is 24.9. The fourth-order valence-electron chi connectivity index (χ4n) is 4.15. The van der Waals surface area contributed by atoms with Crippen LogP contribution in [-0.2, 0) is 17.6 Å². The molecule has 0 aliphatic carbocycles. The Morgan fingerprint density at radius 3 is 2.88 bits per heavy atom. The molecule has 0 saturated carbocycles. The molecule has 3 aliphatic heterocycles. The molecule has 3 nitrogen and oxygen atoms in total. The number of carbonyl (C=O) groups excluding carboxylic acids is 1. The van der Waals surface area contributed by atoms with Crippen molar-refractivity contribution in [1.82, 2.24) is 5.32 Å². The number of hydrogen-bond donors (Lipinski definition) is 2. The van der Waals surface area contributed by atoms with Crippen molar-refractivity contribution in [3.63, 3.8) is 0 Å². The third-order valence-corrected chi connectivity index (χ3v) is 5.80. The first kappa shape index (κ1) is 16.7. The van der Waals surface area contributed by atoms with E-state index in [0.29, 0.717) is 5.92 Å². The van der Waals surface area contributed by atoms with Gasteiger partial charge in [0.1, 0.15) is 18.1 Å². The topological polar surface area (TPSA) is 41.1 Å². The second kappa shape index (κ2) is 6.85. The second-order valence-electron chi connectivity index (χ2n) is 7.12. The first-order valence-corrected chi connectivity index (χ1v) is 9.59. The van der Waals surface area contributed by atoms with E-state index >= 15 is 0 Å². The minimum atomic E-state index is -0.0721. The van der Waals surface area contributed by atoms with E-state index in [1.165, 1.54) is 22.7 Å². The van der Waals surface area contributed by atoms with Crippen molar-refractivity contribution in [3.05, 3.63) is 70.0 Å². The Morgan fingerprint density at radius 1 is 1.24 bits per heavy atom. The lowest BCUT2D eigenvalue weighted by Crippen LogP contribution is -2.59. The van der Waals surface area contributed by atoms with Crippen LogP contribution >= 0.6 is 15.9 Å². The van der Waals surface area contributed by atoms with Gasteiger partial charge in [0.05, 0.1) is 12.5 Å². The average molecular weight is 398 g/mol. The fraction of sp³-hybridized carbons (Fsp3) is 0.333. The van der Waals surface area contributed by atoms with E-state index in [2.05, 4.69) is 75.1 Å². The zero-order valence-corrected chi connectivity index (χ0v) is 15.8. The van der Waals surface area contributed by atoms with Gasteiger partial charge < -0.3 is 5.32 Å². The molecule has 3 atom stereocenters. The first-order valence-electron chi connectivity index (χ1n) is 8.80. The van der Waals surface area contributed by atoms with Crippen LogP contribution in [-0.4, -0.2) is 18.0 Å². The molecule has 2 N–H and O–H groups in total. The Labute approximate surface area is 157 Å². The van der Waals surface area contributed by atoms with Gasteiger partial charge in [-0.05, 0) is 42.7 Å².